The summed E-state index contributed by atoms with van der Waals surface area (Å²) >= 11 is 0. The number of amides is 2. The van der Waals surface area contributed by atoms with Crippen molar-refractivity contribution >= 4 is 35.9 Å². The van der Waals surface area contributed by atoms with Gasteiger partial charge in [-0.2, -0.15) is 0 Å². The molecule has 4 aliphatic rings. The Morgan fingerprint density at radius 1 is 0.921 bits per heavy atom. The second kappa shape index (κ2) is 17.3. The zero-order valence-electron chi connectivity index (χ0n) is 37.0. The second-order valence-electron chi connectivity index (χ2n) is 18.7. The first-order valence-electron chi connectivity index (χ1n) is 20.9. The van der Waals surface area contributed by atoms with Gasteiger partial charge in [-0.05, 0) is 56.9 Å². The van der Waals surface area contributed by atoms with Gasteiger partial charge in [0.15, 0.2) is 23.6 Å². The number of hydrogen-bond acceptors (Lipinski definition) is 15. The molecule has 17 nitrogen and oxygen atoms in total. The summed E-state index contributed by atoms with van der Waals surface area (Å²) in [5.74, 6) is -5.28. The molecule has 2 aromatic rings. The topological polar surface area (TPSA) is 243 Å². The summed E-state index contributed by atoms with van der Waals surface area (Å²) in [6.45, 7) is 12.7. The Morgan fingerprint density at radius 2 is 1.54 bits per heavy atom. The molecule has 0 spiro atoms. The number of nitrogens with one attached hydrogen (secondary N) is 2. The lowest BCUT2D eigenvalue weighted by Gasteiger charge is -2.68. The number of aliphatic hydroxyl groups is 3. The van der Waals surface area contributed by atoms with E-state index in [1.54, 1.807) is 95.3 Å². The quantitative estimate of drug-likeness (QED) is 0.129. The summed E-state index contributed by atoms with van der Waals surface area (Å²) in [5, 5.41) is 42.8. The Morgan fingerprint density at radius 3 is 2.10 bits per heavy atom. The van der Waals surface area contributed by atoms with Crippen LogP contribution in [-0.2, 0) is 54.2 Å². The molecule has 17 heteroatoms. The van der Waals surface area contributed by atoms with Crippen LogP contribution < -0.4 is 10.6 Å². The van der Waals surface area contributed by atoms with Gasteiger partial charge in [0.25, 0.3) is 0 Å². The molecule has 5 N–H and O–H groups in total. The summed E-state index contributed by atoms with van der Waals surface area (Å²) in [4.78, 5) is 82.9. The first kappa shape index (κ1) is 47.1. The van der Waals surface area contributed by atoms with E-state index in [0.717, 1.165) is 13.8 Å². The van der Waals surface area contributed by atoms with Crippen molar-refractivity contribution < 1.29 is 72.5 Å². The normalized spacial score (nSPS) is 31.8. The second-order valence-corrected chi connectivity index (χ2v) is 18.7. The molecule has 0 aromatic heterocycles. The number of ether oxygens (including phenoxy) is 6. The fourth-order valence-electron chi connectivity index (χ4n) is 10.1. The number of alkyl carbamates (subject to hydrolysis) is 2. The van der Waals surface area contributed by atoms with Crippen molar-refractivity contribution in [3.63, 3.8) is 0 Å². The van der Waals surface area contributed by atoms with Crippen LogP contribution in [0.4, 0.5) is 9.59 Å². The minimum atomic E-state index is -2.34. The molecule has 2 saturated carbocycles. The molecule has 1 heterocycles. The third kappa shape index (κ3) is 8.67. The maximum Gasteiger partial charge on any atom is 0.408 e. The minimum absolute atomic E-state index is 0.0000706. The molecule has 2 aromatic carbocycles. The zero-order valence-corrected chi connectivity index (χ0v) is 37.0. The zero-order chi connectivity index (χ0) is 46.4. The SMILES string of the molecule is CC(=O)O[C@H]1C(=O)[C@@]2(C)C([C@H](NC(=O)OCc3ccccc3)[C@]3(O)C[C@H](OC(=O)[C@@H](O)[C@@H](NC(=O)OC(C)(C)C)c4ccccc4)C(C)=C1C3(C)C)[C@]1(OC(C)=O)CO[C@@H]1C[C@@H]2O. The van der Waals surface area contributed by atoms with Crippen LogP contribution in [0.3, 0.4) is 0 Å². The lowest BCUT2D eigenvalue weighted by Crippen LogP contribution is -2.83. The van der Waals surface area contributed by atoms with Crippen LogP contribution in [0.2, 0.25) is 0 Å². The molecule has 2 amide bonds. The van der Waals surface area contributed by atoms with E-state index in [0.29, 0.717) is 11.1 Å². The number of carbonyl (C=O) groups is 6. The predicted molar refractivity (Wildman–Crippen MR) is 221 cm³/mol. The van der Waals surface area contributed by atoms with Gasteiger partial charge in [-0.15, -0.1) is 0 Å². The molecule has 1 aliphatic heterocycles. The Hall–Kier alpha value is -5.36. The van der Waals surface area contributed by atoms with Crippen LogP contribution in [0.1, 0.15) is 92.3 Å². The average Bonchev–Trinajstić information content (AvgIpc) is 3.19. The van der Waals surface area contributed by atoms with E-state index >= 15 is 4.79 Å². The number of esters is 3. The molecule has 2 bridgehead atoms. The van der Waals surface area contributed by atoms with Crippen LogP contribution in [-0.4, -0.2) is 111 Å². The first-order chi connectivity index (χ1) is 29.4. The van der Waals surface area contributed by atoms with E-state index < -0.39 is 118 Å². The standard InChI is InChI=1S/C46H58N2O15/c1-24-29(61-39(54)34(52)33(28-18-14-11-15-19-28)47-41(56)63-42(4,5)6)21-46(57)37(48-40(55)58-22-27-16-12-10-13-17-27)36-44(9,30(51)20-31-45(36,23-59-31)62-26(3)50)38(53)35(60-25(2)49)32(24)43(46,7)8/h10-19,29-31,33-37,51-52,57H,20-23H2,1-9H3,(H,47,56)(H,48,55)/t29-,30-,31+,33-,34-,35+,36?,37-,44+,45-,46+/m0/s1. The average molecular weight is 879 g/mol. The van der Waals surface area contributed by atoms with Gasteiger partial charge in [-0.1, -0.05) is 74.5 Å². The highest BCUT2D eigenvalue weighted by Gasteiger charge is 2.77. The van der Waals surface area contributed by atoms with Crippen LogP contribution in [0.15, 0.2) is 71.8 Å². The molecule has 3 fully saturated rings. The van der Waals surface area contributed by atoms with Gasteiger partial charge in [-0.25, -0.2) is 14.4 Å². The maximum absolute atomic E-state index is 15.5. The summed E-state index contributed by atoms with van der Waals surface area (Å²) in [6, 6.07) is 13.8. The Balaban J connectivity index is 1.51. The molecular formula is C46H58N2O15. The fourth-order valence-corrected chi connectivity index (χ4v) is 10.1. The lowest BCUT2D eigenvalue weighted by molar-refractivity contribution is -0.332. The smallest absolute Gasteiger partial charge is 0.408 e. The molecule has 11 atom stereocenters. The number of hydrogen-bond donors (Lipinski definition) is 5. The molecule has 3 aliphatic carbocycles. The Labute approximate surface area is 365 Å². The van der Waals surface area contributed by atoms with Crippen LogP contribution in [0, 0.1) is 16.7 Å². The van der Waals surface area contributed by atoms with Gasteiger partial charge in [0.1, 0.15) is 24.4 Å². The Kier molecular flexibility index (Phi) is 13.0. The number of Topliss-reactive ketones (excluding diaryl/α,β-unsaturated/α-hetero) is 1. The van der Waals surface area contributed by atoms with E-state index in [9.17, 15) is 39.3 Å². The summed E-state index contributed by atoms with van der Waals surface area (Å²) < 4.78 is 35.0. The summed E-state index contributed by atoms with van der Waals surface area (Å²) in [7, 11) is 0. The van der Waals surface area contributed by atoms with E-state index in [1.807, 2.05) is 0 Å². The van der Waals surface area contributed by atoms with Gasteiger partial charge in [-0.3, -0.25) is 14.4 Å². The number of benzene rings is 2. The molecule has 0 radical (unpaired) electrons. The number of ketones is 1. The molecular weight excluding hydrogens is 821 g/mol. The largest absolute Gasteiger partial charge is 0.456 e. The van der Waals surface area contributed by atoms with Crippen LogP contribution in [0.5, 0.6) is 0 Å². The van der Waals surface area contributed by atoms with Crippen molar-refractivity contribution in [1.29, 1.82) is 0 Å². The molecule has 342 valence electrons. The molecule has 6 rings (SSSR count). The van der Waals surface area contributed by atoms with E-state index in [-0.39, 0.29) is 30.8 Å². The van der Waals surface area contributed by atoms with Gasteiger partial charge in [0, 0.05) is 38.0 Å². The molecule has 1 unspecified atom stereocenters. The van der Waals surface area contributed by atoms with Crippen molar-refractivity contribution in [2.45, 2.75) is 141 Å². The van der Waals surface area contributed by atoms with E-state index in [2.05, 4.69) is 10.6 Å². The van der Waals surface area contributed by atoms with Gasteiger partial charge in [0.05, 0.1) is 35.8 Å². The minimum Gasteiger partial charge on any atom is -0.456 e. The third-order valence-electron chi connectivity index (χ3n) is 13.1. The fraction of sp³-hybridized carbons (Fsp3) is 0.565. The van der Waals surface area contributed by atoms with Crippen LogP contribution >= 0.6 is 0 Å². The van der Waals surface area contributed by atoms with Crippen molar-refractivity contribution in [3.8, 4) is 0 Å². The lowest BCUT2D eigenvalue weighted by atomic mass is 9.44. The predicted octanol–water partition coefficient (Wildman–Crippen LogP) is 3.90. The summed E-state index contributed by atoms with van der Waals surface area (Å²) in [6.07, 6.45) is -10.7. The Bertz CT molecular complexity index is 2140. The highest BCUT2D eigenvalue weighted by atomic mass is 16.6. The first-order valence-corrected chi connectivity index (χ1v) is 20.9. The molecule has 1 saturated heterocycles. The van der Waals surface area contributed by atoms with Crippen molar-refractivity contribution in [1.82, 2.24) is 10.6 Å². The number of carbonyl (C=O) groups excluding carboxylic acids is 6. The highest BCUT2D eigenvalue weighted by Crippen LogP contribution is 2.63. The third-order valence-corrected chi connectivity index (χ3v) is 13.1. The summed E-state index contributed by atoms with van der Waals surface area (Å²) in [5.41, 5.74) is -7.59. The van der Waals surface area contributed by atoms with Crippen molar-refractivity contribution in [3.05, 3.63) is 82.9 Å². The van der Waals surface area contributed by atoms with Gasteiger partial charge >= 0.3 is 30.1 Å². The van der Waals surface area contributed by atoms with Gasteiger partial charge in [0.2, 0.25) is 0 Å². The van der Waals surface area contributed by atoms with Crippen LogP contribution in [0.25, 0.3) is 0 Å². The number of aliphatic hydroxyl groups excluding tert-OH is 2. The van der Waals surface area contributed by atoms with E-state index in [4.69, 9.17) is 28.4 Å². The molecule has 63 heavy (non-hydrogen) atoms. The van der Waals surface area contributed by atoms with E-state index in [1.165, 1.54) is 13.8 Å². The van der Waals surface area contributed by atoms with Crippen molar-refractivity contribution in [2.24, 2.45) is 16.7 Å². The van der Waals surface area contributed by atoms with Gasteiger partial charge < -0.3 is 54.4 Å². The number of fused-ring (bicyclic) bond motifs is 5. The number of rotatable bonds is 10. The maximum atomic E-state index is 15.5. The monoisotopic (exact) mass is 878 g/mol. The van der Waals surface area contributed by atoms with Crippen molar-refractivity contribution in [2.75, 3.05) is 6.61 Å². The highest BCUT2D eigenvalue weighted by molar-refractivity contribution is 5.95.